The number of rotatable bonds is 6. The van der Waals surface area contributed by atoms with Crippen LogP contribution in [0.4, 0.5) is 5.69 Å². The molecule has 0 saturated carbocycles. The zero-order valence-corrected chi connectivity index (χ0v) is 16.7. The standard InChI is InChI=1S/C18H22Cl2N4O3/c1-12-18(20)15(10-25)21-24(12)17(11-26)23-7-5-22(6-8-23)13-3-4-14(19)16(9-13)27-2/h3-4,9,11,17,25H,5-8,10H2,1-2H3. The van der Waals surface area contributed by atoms with Gasteiger partial charge in [0.2, 0.25) is 0 Å². The third kappa shape index (κ3) is 3.91. The molecule has 1 unspecified atom stereocenters. The lowest BCUT2D eigenvalue weighted by Gasteiger charge is -2.38. The van der Waals surface area contributed by atoms with Gasteiger partial charge in [0, 0.05) is 37.9 Å². The van der Waals surface area contributed by atoms with E-state index in [-0.39, 0.29) is 6.61 Å². The predicted molar refractivity (Wildman–Crippen MR) is 105 cm³/mol. The first-order valence-corrected chi connectivity index (χ1v) is 9.38. The van der Waals surface area contributed by atoms with E-state index < -0.39 is 6.17 Å². The fourth-order valence-electron chi connectivity index (χ4n) is 3.31. The number of hydrogen-bond donors (Lipinski definition) is 1. The number of hydrogen-bond acceptors (Lipinski definition) is 6. The Labute approximate surface area is 168 Å². The average Bonchev–Trinajstić information content (AvgIpc) is 2.98. The summed E-state index contributed by atoms with van der Waals surface area (Å²) in [6.45, 7) is 4.39. The molecule has 2 aromatic rings. The molecule has 1 aliphatic rings. The SMILES string of the molecule is COc1cc(N2CCN(C(C=O)n3nc(CO)c(Cl)c3C)CC2)ccc1Cl. The highest BCUT2D eigenvalue weighted by Gasteiger charge is 2.28. The van der Waals surface area contributed by atoms with Gasteiger partial charge in [0.25, 0.3) is 0 Å². The van der Waals surface area contributed by atoms with Crippen LogP contribution in [0.3, 0.4) is 0 Å². The van der Waals surface area contributed by atoms with Gasteiger partial charge >= 0.3 is 0 Å². The maximum atomic E-state index is 11.8. The van der Waals surface area contributed by atoms with Crippen LogP contribution in [-0.4, -0.2) is 59.4 Å². The second kappa shape index (κ2) is 8.48. The monoisotopic (exact) mass is 412 g/mol. The van der Waals surface area contributed by atoms with Crippen molar-refractivity contribution in [3.63, 3.8) is 0 Å². The molecule has 1 atom stereocenters. The summed E-state index contributed by atoms with van der Waals surface area (Å²) < 4.78 is 6.87. The maximum absolute atomic E-state index is 11.8. The number of aldehydes is 1. The van der Waals surface area contributed by atoms with Crippen molar-refractivity contribution in [3.8, 4) is 5.75 Å². The molecular formula is C18H22Cl2N4O3. The number of benzene rings is 1. The van der Waals surface area contributed by atoms with E-state index in [2.05, 4.69) is 10.00 Å². The number of carbonyl (C=O) groups is 1. The Morgan fingerprint density at radius 1 is 1.30 bits per heavy atom. The zero-order valence-electron chi connectivity index (χ0n) is 15.2. The number of piperazine rings is 1. The lowest BCUT2D eigenvalue weighted by atomic mass is 10.2. The van der Waals surface area contributed by atoms with Crippen LogP contribution in [0.1, 0.15) is 17.6 Å². The zero-order chi connectivity index (χ0) is 19.6. The molecule has 0 radical (unpaired) electrons. The minimum atomic E-state index is -0.551. The maximum Gasteiger partial charge on any atom is 0.160 e. The van der Waals surface area contributed by atoms with Crippen molar-refractivity contribution in [3.05, 3.63) is 39.6 Å². The summed E-state index contributed by atoms with van der Waals surface area (Å²) in [5.74, 6) is 0.640. The minimum absolute atomic E-state index is 0.259. The Hall–Kier alpha value is -1.80. The van der Waals surface area contributed by atoms with E-state index >= 15 is 0 Å². The van der Waals surface area contributed by atoms with Gasteiger partial charge in [0.05, 0.1) is 29.5 Å². The van der Waals surface area contributed by atoms with Gasteiger partial charge in [-0.05, 0) is 19.1 Å². The Morgan fingerprint density at radius 3 is 2.56 bits per heavy atom. The van der Waals surface area contributed by atoms with Crippen LogP contribution in [-0.2, 0) is 11.4 Å². The first kappa shape index (κ1) is 19.9. The molecule has 7 nitrogen and oxygen atoms in total. The van der Waals surface area contributed by atoms with Crippen LogP contribution in [0.25, 0.3) is 0 Å². The van der Waals surface area contributed by atoms with Crippen molar-refractivity contribution in [1.82, 2.24) is 14.7 Å². The summed E-state index contributed by atoms with van der Waals surface area (Å²) in [6.07, 6.45) is 0.308. The molecular weight excluding hydrogens is 391 g/mol. The lowest BCUT2D eigenvalue weighted by molar-refractivity contribution is -0.116. The number of methoxy groups -OCH3 is 1. The van der Waals surface area contributed by atoms with Crippen LogP contribution in [0.2, 0.25) is 10.0 Å². The van der Waals surface area contributed by atoms with E-state index in [0.717, 1.165) is 25.1 Å². The molecule has 2 heterocycles. The quantitative estimate of drug-likeness (QED) is 0.734. The molecule has 1 fully saturated rings. The van der Waals surface area contributed by atoms with Crippen molar-refractivity contribution in [2.24, 2.45) is 0 Å². The van der Waals surface area contributed by atoms with Crippen LogP contribution in [0.15, 0.2) is 18.2 Å². The highest BCUT2D eigenvalue weighted by molar-refractivity contribution is 6.32. The third-order valence-electron chi connectivity index (χ3n) is 4.85. The number of aliphatic hydroxyl groups excluding tert-OH is 1. The molecule has 1 aromatic carbocycles. The van der Waals surface area contributed by atoms with Gasteiger partial charge < -0.3 is 14.7 Å². The van der Waals surface area contributed by atoms with E-state index in [1.165, 1.54) is 0 Å². The number of aromatic nitrogens is 2. The summed E-state index contributed by atoms with van der Waals surface area (Å²) >= 11 is 12.3. The van der Waals surface area contributed by atoms with Gasteiger partial charge in [-0.3, -0.25) is 9.69 Å². The molecule has 1 aliphatic heterocycles. The summed E-state index contributed by atoms with van der Waals surface area (Å²) in [5, 5.41) is 14.6. The summed E-state index contributed by atoms with van der Waals surface area (Å²) in [7, 11) is 1.59. The normalized spacial score (nSPS) is 16.4. The van der Waals surface area contributed by atoms with Crippen LogP contribution >= 0.6 is 23.2 Å². The van der Waals surface area contributed by atoms with E-state index in [0.29, 0.717) is 40.3 Å². The molecule has 0 aliphatic carbocycles. The number of anilines is 1. The molecule has 0 spiro atoms. The van der Waals surface area contributed by atoms with Gasteiger partial charge in [-0.2, -0.15) is 5.10 Å². The van der Waals surface area contributed by atoms with Crippen molar-refractivity contribution >= 4 is 35.2 Å². The van der Waals surface area contributed by atoms with Gasteiger partial charge in [0.1, 0.15) is 11.4 Å². The topological polar surface area (TPSA) is 70.8 Å². The van der Waals surface area contributed by atoms with Crippen molar-refractivity contribution < 1.29 is 14.6 Å². The Balaban J connectivity index is 1.73. The highest BCUT2D eigenvalue weighted by atomic mass is 35.5. The highest BCUT2D eigenvalue weighted by Crippen LogP contribution is 2.30. The largest absolute Gasteiger partial charge is 0.495 e. The first-order valence-electron chi connectivity index (χ1n) is 8.62. The van der Waals surface area contributed by atoms with Gasteiger partial charge in [-0.15, -0.1) is 0 Å². The van der Waals surface area contributed by atoms with Gasteiger partial charge in [0.15, 0.2) is 12.5 Å². The third-order valence-corrected chi connectivity index (χ3v) is 5.66. The molecule has 3 rings (SSSR count). The minimum Gasteiger partial charge on any atom is -0.495 e. The average molecular weight is 413 g/mol. The fourth-order valence-corrected chi connectivity index (χ4v) is 3.68. The molecule has 1 aromatic heterocycles. The predicted octanol–water partition coefficient (Wildman–Crippen LogP) is 2.52. The van der Waals surface area contributed by atoms with Crippen LogP contribution in [0, 0.1) is 6.92 Å². The lowest BCUT2D eigenvalue weighted by Crippen LogP contribution is -2.49. The summed E-state index contributed by atoms with van der Waals surface area (Å²) in [5.41, 5.74) is 2.08. The fraction of sp³-hybridized carbons (Fsp3) is 0.444. The van der Waals surface area contributed by atoms with E-state index in [1.54, 1.807) is 18.7 Å². The molecule has 27 heavy (non-hydrogen) atoms. The second-order valence-corrected chi connectivity index (χ2v) is 7.13. The van der Waals surface area contributed by atoms with E-state index in [1.807, 2.05) is 23.1 Å². The number of carbonyl (C=O) groups excluding carboxylic acids is 1. The second-order valence-electron chi connectivity index (χ2n) is 6.34. The van der Waals surface area contributed by atoms with Crippen LogP contribution in [0.5, 0.6) is 5.75 Å². The summed E-state index contributed by atoms with van der Waals surface area (Å²) in [4.78, 5) is 16.1. The smallest absolute Gasteiger partial charge is 0.160 e. The number of halogens is 2. The van der Waals surface area contributed by atoms with Gasteiger partial charge in [-0.25, -0.2) is 4.68 Å². The Kier molecular flexibility index (Phi) is 6.26. The number of aliphatic hydroxyl groups is 1. The van der Waals surface area contributed by atoms with Crippen LogP contribution < -0.4 is 9.64 Å². The number of ether oxygens (including phenoxy) is 1. The molecule has 1 N–H and O–H groups in total. The van der Waals surface area contributed by atoms with Crippen molar-refractivity contribution in [2.75, 3.05) is 38.2 Å². The molecule has 0 amide bonds. The van der Waals surface area contributed by atoms with Gasteiger partial charge in [-0.1, -0.05) is 23.2 Å². The van der Waals surface area contributed by atoms with Crippen molar-refractivity contribution in [1.29, 1.82) is 0 Å². The number of nitrogens with zero attached hydrogens (tertiary/aromatic N) is 4. The molecule has 0 bridgehead atoms. The summed E-state index contributed by atoms with van der Waals surface area (Å²) in [6, 6.07) is 5.70. The van der Waals surface area contributed by atoms with E-state index in [9.17, 15) is 9.90 Å². The molecule has 146 valence electrons. The van der Waals surface area contributed by atoms with Crippen molar-refractivity contribution in [2.45, 2.75) is 19.7 Å². The van der Waals surface area contributed by atoms with E-state index in [4.69, 9.17) is 27.9 Å². The first-order chi connectivity index (χ1) is 13.0. The Bertz CT molecular complexity index is 819. The molecule has 9 heteroatoms. The Morgan fingerprint density at radius 2 is 2.00 bits per heavy atom. The molecule has 1 saturated heterocycles.